The molecule has 1 unspecified atom stereocenters. The van der Waals surface area contributed by atoms with Crippen molar-refractivity contribution in [3.8, 4) is 0 Å². The molecule has 2 N–H and O–H groups in total. The van der Waals surface area contributed by atoms with Gasteiger partial charge in [0.25, 0.3) is 0 Å². The molecule has 0 fully saturated rings. The van der Waals surface area contributed by atoms with Crippen molar-refractivity contribution in [2.45, 2.75) is 13.0 Å². The van der Waals surface area contributed by atoms with Crippen LogP contribution >= 0.6 is 11.6 Å². The zero-order valence-corrected chi connectivity index (χ0v) is 8.92. The van der Waals surface area contributed by atoms with Crippen LogP contribution in [0.25, 0.3) is 10.9 Å². The summed E-state index contributed by atoms with van der Waals surface area (Å²) in [5, 5.41) is 5.65. The van der Waals surface area contributed by atoms with Crippen LogP contribution in [-0.2, 0) is 7.05 Å². The second-order valence-corrected chi connectivity index (χ2v) is 3.80. The maximum absolute atomic E-state index is 6.04. The van der Waals surface area contributed by atoms with Crippen molar-refractivity contribution >= 4 is 22.5 Å². The lowest BCUT2D eigenvalue weighted by molar-refractivity contribution is 0.797. The molecule has 0 bridgehead atoms. The molecule has 0 saturated carbocycles. The molecule has 0 saturated heterocycles. The minimum atomic E-state index is -0.0274. The van der Waals surface area contributed by atoms with Crippen molar-refractivity contribution in [3.05, 3.63) is 28.9 Å². The fraction of sp³-hybridized carbons (Fsp3) is 0.300. The number of hydrogen-bond donors (Lipinski definition) is 1. The number of rotatable bonds is 1. The van der Waals surface area contributed by atoms with E-state index in [9.17, 15) is 0 Å². The molecule has 2 aromatic rings. The summed E-state index contributed by atoms with van der Waals surface area (Å²) in [6, 6.07) is 5.92. The van der Waals surface area contributed by atoms with Gasteiger partial charge in [-0.3, -0.25) is 4.68 Å². The average molecular weight is 210 g/mol. The molecule has 4 heteroatoms. The minimum Gasteiger partial charge on any atom is -0.324 e. The van der Waals surface area contributed by atoms with E-state index in [2.05, 4.69) is 5.10 Å². The van der Waals surface area contributed by atoms with Gasteiger partial charge in [-0.1, -0.05) is 23.7 Å². The minimum absolute atomic E-state index is 0.0274. The zero-order valence-electron chi connectivity index (χ0n) is 8.16. The Labute approximate surface area is 87.5 Å². The van der Waals surface area contributed by atoms with Gasteiger partial charge < -0.3 is 5.73 Å². The highest BCUT2D eigenvalue weighted by Crippen LogP contribution is 2.28. The first kappa shape index (κ1) is 9.49. The summed E-state index contributed by atoms with van der Waals surface area (Å²) in [6.45, 7) is 1.94. The predicted molar refractivity (Wildman–Crippen MR) is 58.3 cm³/mol. The number of nitrogens with two attached hydrogens (primary N) is 1. The SMILES string of the molecule is CC(N)c1cccc2c1c(Cl)nn2C. The summed E-state index contributed by atoms with van der Waals surface area (Å²) in [5.41, 5.74) is 7.92. The number of benzene rings is 1. The van der Waals surface area contributed by atoms with E-state index in [1.54, 1.807) is 4.68 Å². The lowest BCUT2D eigenvalue weighted by atomic mass is 10.1. The topological polar surface area (TPSA) is 43.8 Å². The Kier molecular flexibility index (Phi) is 2.21. The van der Waals surface area contributed by atoms with E-state index in [4.69, 9.17) is 17.3 Å². The molecule has 0 radical (unpaired) electrons. The van der Waals surface area contributed by atoms with Crippen LogP contribution in [0.4, 0.5) is 0 Å². The summed E-state index contributed by atoms with van der Waals surface area (Å²) in [6.07, 6.45) is 0. The standard InChI is InChI=1S/C10H12ClN3/c1-6(12)7-4-3-5-8-9(7)10(11)13-14(8)2/h3-6H,12H2,1-2H3. The van der Waals surface area contributed by atoms with E-state index in [1.165, 1.54) is 0 Å². The fourth-order valence-electron chi connectivity index (χ4n) is 1.67. The molecule has 14 heavy (non-hydrogen) atoms. The number of hydrogen-bond acceptors (Lipinski definition) is 2. The number of fused-ring (bicyclic) bond motifs is 1. The van der Waals surface area contributed by atoms with Crippen LogP contribution in [0, 0.1) is 0 Å². The first-order valence-electron chi connectivity index (χ1n) is 4.48. The molecule has 0 amide bonds. The zero-order chi connectivity index (χ0) is 10.3. The van der Waals surface area contributed by atoms with Crippen molar-refractivity contribution in [2.75, 3.05) is 0 Å². The van der Waals surface area contributed by atoms with Crippen LogP contribution in [0.2, 0.25) is 5.15 Å². The van der Waals surface area contributed by atoms with Gasteiger partial charge in [0.1, 0.15) is 0 Å². The molecular formula is C10H12ClN3. The summed E-state index contributed by atoms with van der Waals surface area (Å²) < 4.78 is 1.77. The highest BCUT2D eigenvalue weighted by atomic mass is 35.5. The molecule has 2 rings (SSSR count). The smallest absolute Gasteiger partial charge is 0.159 e. The van der Waals surface area contributed by atoms with Gasteiger partial charge in [-0.15, -0.1) is 0 Å². The molecule has 3 nitrogen and oxygen atoms in total. The van der Waals surface area contributed by atoms with Gasteiger partial charge in [0.05, 0.1) is 5.52 Å². The second-order valence-electron chi connectivity index (χ2n) is 3.44. The van der Waals surface area contributed by atoms with Gasteiger partial charge in [0, 0.05) is 18.5 Å². The fourth-order valence-corrected chi connectivity index (χ4v) is 1.99. The van der Waals surface area contributed by atoms with Crippen LogP contribution in [0.5, 0.6) is 0 Å². The van der Waals surface area contributed by atoms with Crippen molar-refractivity contribution in [1.82, 2.24) is 9.78 Å². The number of nitrogens with zero attached hydrogens (tertiary/aromatic N) is 2. The lowest BCUT2D eigenvalue weighted by Crippen LogP contribution is -2.05. The van der Waals surface area contributed by atoms with Gasteiger partial charge in [0.15, 0.2) is 5.15 Å². The molecule has 1 atom stereocenters. The van der Waals surface area contributed by atoms with E-state index in [0.717, 1.165) is 16.5 Å². The Bertz CT molecular complexity index is 473. The van der Waals surface area contributed by atoms with Crippen LogP contribution in [0.1, 0.15) is 18.5 Å². The van der Waals surface area contributed by atoms with Gasteiger partial charge in [-0.05, 0) is 18.6 Å². The van der Waals surface area contributed by atoms with E-state index in [1.807, 2.05) is 32.2 Å². The third-order valence-corrected chi connectivity index (χ3v) is 2.62. The summed E-state index contributed by atoms with van der Waals surface area (Å²) in [4.78, 5) is 0. The summed E-state index contributed by atoms with van der Waals surface area (Å²) in [5.74, 6) is 0. The number of aromatic nitrogens is 2. The Morgan fingerprint density at radius 2 is 2.21 bits per heavy atom. The van der Waals surface area contributed by atoms with Gasteiger partial charge in [0.2, 0.25) is 0 Å². The van der Waals surface area contributed by atoms with E-state index in [-0.39, 0.29) is 6.04 Å². The summed E-state index contributed by atoms with van der Waals surface area (Å²) >= 11 is 6.04. The van der Waals surface area contributed by atoms with Crippen molar-refractivity contribution in [3.63, 3.8) is 0 Å². The molecule has 0 aliphatic heterocycles. The predicted octanol–water partition coefficient (Wildman–Crippen LogP) is 2.25. The number of aryl methyl sites for hydroxylation is 1. The second kappa shape index (κ2) is 3.26. The molecule has 0 aliphatic rings. The molecule has 74 valence electrons. The first-order chi connectivity index (χ1) is 6.61. The Balaban J connectivity index is 2.85. The normalized spacial score (nSPS) is 13.4. The largest absolute Gasteiger partial charge is 0.324 e. The average Bonchev–Trinajstić information content (AvgIpc) is 2.43. The van der Waals surface area contributed by atoms with Gasteiger partial charge >= 0.3 is 0 Å². The van der Waals surface area contributed by atoms with Crippen LogP contribution in [0.15, 0.2) is 18.2 Å². The van der Waals surface area contributed by atoms with Gasteiger partial charge in [-0.2, -0.15) is 5.10 Å². The highest BCUT2D eigenvalue weighted by molar-refractivity contribution is 6.34. The number of halogens is 1. The third-order valence-electron chi connectivity index (χ3n) is 2.36. The Morgan fingerprint density at radius 1 is 1.50 bits per heavy atom. The maximum atomic E-state index is 6.04. The third kappa shape index (κ3) is 1.29. The van der Waals surface area contributed by atoms with E-state index >= 15 is 0 Å². The molecular weight excluding hydrogens is 198 g/mol. The lowest BCUT2D eigenvalue weighted by Gasteiger charge is -2.06. The maximum Gasteiger partial charge on any atom is 0.159 e. The Morgan fingerprint density at radius 3 is 2.86 bits per heavy atom. The first-order valence-corrected chi connectivity index (χ1v) is 4.85. The molecule has 0 aliphatic carbocycles. The van der Waals surface area contributed by atoms with Crippen molar-refractivity contribution in [1.29, 1.82) is 0 Å². The summed E-state index contributed by atoms with van der Waals surface area (Å²) in [7, 11) is 1.87. The highest BCUT2D eigenvalue weighted by Gasteiger charge is 2.12. The van der Waals surface area contributed by atoms with E-state index in [0.29, 0.717) is 5.15 Å². The van der Waals surface area contributed by atoms with E-state index < -0.39 is 0 Å². The van der Waals surface area contributed by atoms with Crippen molar-refractivity contribution in [2.24, 2.45) is 12.8 Å². The molecule has 1 aromatic carbocycles. The van der Waals surface area contributed by atoms with Crippen LogP contribution < -0.4 is 5.73 Å². The van der Waals surface area contributed by atoms with Crippen molar-refractivity contribution < 1.29 is 0 Å². The molecule has 1 heterocycles. The van der Waals surface area contributed by atoms with Gasteiger partial charge in [-0.25, -0.2) is 0 Å². The van der Waals surface area contributed by atoms with Crippen LogP contribution in [0.3, 0.4) is 0 Å². The molecule has 1 aromatic heterocycles. The quantitative estimate of drug-likeness (QED) is 0.783. The monoisotopic (exact) mass is 209 g/mol. The molecule has 0 spiro atoms. The van der Waals surface area contributed by atoms with Crippen LogP contribution in [-0.4, -0.2) is 9.78 Å². The Hall–Kier alpha value is -1.06.